The molecule has 0 aliphatic heterocycles. The van der Waals surface area contributed by atoms with Gasteiger partial charge in [0.25, 0.3) is 5.78 Å². The summed E-state index contributed by atoms with van der Waals surface area (Å²) in [5.74, 6) is 1.11. The molecule has 0 aliphatic carbocycles. The molecule has 0 atom stereocenters. The van der Waals surface area contributed by atoms with E-state index < -0.39 is 0 Å². The maximum absolute atomic E-state index is 11.4. The van der Waals surface area contributed by atoms with Crippen LogP contribution in [-0.2, 0) is 14.3 Å². The van der Waals surface area contributed by atoms with Crippen LogP contribution in [0.15, 0.2) is 12.4 Å². The van der Waals surface area contributed by atoms with Crippen LogP contribution in [0.3, 0.4) is 0 Å². The number of aryl methyl sites for hydroxylation is 1. The highest BCUT2D eigenvalue weighted by molar-refractivity contribution is 5.70. The summed E-state index contributed by atoms with van der Waals surface area (Å²) in [7, 11) is 3.02. The van der Waals surface area contributed by atoms with Gasteiger partial charge in [0.15, 0.2) is 0 Å². The largest absolute Gasteiger partial charge is 0.469 e. The number of rotatable bonds is 7. The molecule has 8 heteroatoms. The van der Waals surface area contributed by atoms with Gasteiger partial charge >= 0.3 is 5.97 Å². The Kier molecular flexibility index (Phi) is 5.04. The second kappa shape index (κ2) is 6.98. The summed E-state index contributed by atoms with van der Waals surface area (Å²) in [4.78, 5) is 21.8. The molecule has 2 rings (SSSR count). The Balaban J connectivity index is 2.28. The van der Waals surface area contributed by atoms with E-state index in [-0.39, 0.29) is 12.4 Å². The summed E-state index contributed by atoms with van der Waals surface area (Å²) >= 11 is 0. The van der Waals surface area contributed by atoms with Gasteiger partial charge in [0.05, 0.1) is 20.1 Å². The molecule has 0 N–H and O–H groups in total. The SMILES string of the molecule is COCCN(CCC(=O)OC)c1cc(C)nc2ncnn12. The molecular formula is C13H19N5O3. The average Bonchev–Trinajstić information content (AvgIpc) is 2.94. The lowest BCUT2D eigenvalue weighted by molar-refractivity contribution is -0.140. The maximum Gasteiger partial charge on any atom is 0.307 e. The van der Waals surface area contributed by atoms with Gasteiger partial charge in [0, 0.05) is 32.0 Å². The molecule has 2 aromatic rings. The van der Waals surface area contributed by atoms with Gasteiger partial charge in [-0.1, -0.05) is 0 Å². The quantitative estimate of drug-likeness (QED) is 0.685. The van der Waals surface area contributed by atoms with Crippen LogP contribution < -0.4 is 4.90 Å². The first-order valence-electron chi connectivity index (χ1n) is 6.63. The lowest BCUT2D eigenvalue weighted by Crippen LogP contribution is -2.32. The number of fused-ring (bicyclic) bond motifs is 1. The fourth-order valence-electron chi connectivity index (χ4n) is 2.01. The van der Waals surface area contributed by atoms with Crippen molar-refractivity contribution in [2.75, 3.05) is 38.8 Å². The molecule has 21 heavy (non-hydrogen) atoms. The second-order valence-electron chi connectivity index (χ2n) is 4.53. The maximum atomic E-state index is 11.4. The first-order valence-corrected chi connectivity index (χ1v) is 6.63. The van der Waals surface area contributed by atoms with E-state index in [1.165, 1.54) is 13.4 Å². The molecule has 0 amide bonds. The molecule has 0 aromatic carbocycles. The van der Waals surface area contributed by atoms with Gasteiger partial charge in [-0.3, -0.25) is 4.79 Å². The Bertz CT molecular complexity index is 613. The second-order valence-corrected chi connectivity index (χ2v) is 4.53. The van der Waals surface area contributed by atoms with E-state index in [2.05, 4.69) is 15.1 Å². The van der Waals surface area contributed by atoms with E-state index in [1.54, 1.807) is 11.6 Å². The number of carbonyl (C=O) groups is 1. The normalized spacial score (nSPS) is 10.8. The minimum atomic E-state index is -0.252. The molecule has 0 fully saturated rings. The van der Waals surface area contributed by atoms with Crippen LogP contribution in [0.25, 0.3) is 5.78 Å². The van der Waals surface area contributed by atoms with Crippen LogP contribution in [0.2, 0.25) is 0 Å². The van der Waals surface area contributed by atoms with Crippen molar-refractivity contribution in [2.24, 2.45) is 0 Å². The molecule has 0 radical (unpaired) electrons. The van der Waals surface area contributed by atoms with Crippen molar-refractivity contribution in [1.82, 2.24) is 19.6 Å². The Labute approximate surface area is 122 Å². The minimum Gasteiger partial charge on any atom is -0.469 e. The van der Waals surface area contributed by atoms with Gasteiger partial charge in [-0.25, -0.2) is 4.98 Å². The molecule has 0 saturated carbocycles. The zero-order valence-electron chi connectivity index (χ0n) is 12.4. The zero-order chi connectivity index (χ0) is 15.2. The first-order chi connectivity index (χ1) is 10.2. The van der Waals surface area contributed by atoms with Crippen molar-refractivity contribution < 1.29 is 14.3 Å². The molecule has 0 aliphatic rings. The molecule has 2 heterocycles. The first kappa shape index (κ1) is 15.2. The number of hydrogen-bond donors (Lipinski definition) is 0. The fourth-order valence-corrected chi connectivity index (χ4v) is 2.01. The standard InChI is InChI=1S/C13H19N5O3/c1-10-8-11(18-13(16-10)14-9-15-18)17(6-7-20-2)5-4-12(19)21-3/h8-9H,4-7H2,1-3H3. The number of nitrogens with zero attached hydrogens (tertiary/aromatic N) is 5. The highest BCUT2D eigenvalue weighted by Crippen LogP contribution is 2.16. The molecule has 0 saturated heterocycles. The van der Waals surface area contributed by atoms with Gasteiger partial charge < -0.3 is 14.4 Å². The third kappa shape index (κ3) is 3.66. The van der Waals surface area contributed by atoms with Gasteiger partial charge in [0.2, 0.25) is 0 Å². The van der Waals surface area contributed by atoms with E-state index in [1.807, 2.05) is 17.9 Å². The third-order valence-electron chi connectivity index (χ3n) is 3.06. The number of hydrogen-bond acceptors (Lipinski definition) is 7. The highest BCUT2D eigenvalue weighted by atomic mass is 16.5. The Morgan fingerprint density at radius 2 is 2.19 bits per heavy atom. The molecule has 0 spiro atoms. The summed E-state index contributed by atoms with van der Waals surface area (Å²) in [6, 6.07) is 1.91. The summed E-state index contributed by atoms with van der Waals surface area (Å²) < 4.78 is 11.5. The molecule has 8 nitrogen and oxygen atoms in total. The van der Waals surface area contributed by atoms with Crippen molar-refractivity contribution in [2.45, 2.75) is 13.3 Å². The molecule has 2 aromatic heterocycles. The predicted molar refractivity (Wildman–Crippen MR) is 76.2 cm³/mol. The van der Waals surface area contributed by atoms with Crippen LogP contribution in [0.1, 0.15) is 12.1 Å². The minimum absolute atomic E-state index is 0.252. The summed E-state index contributed by atoms with van der Waals surface area (Å²) in [6.45, 7) is 3.58. The topological polar surface area (TPSA) is 81.8 Å². The van der Waals surface area contributed by atoms with Crippen molar-refractivity contribution >= 4 is 17.6 Å². The molecular weight excluding hydrogens is 274 g/mol. The number of esters is 1. The molecule has 114 valence electrons. The number of carbonyl (C=O) groups excluding carboxylic acids is 1. The smallest absolute Gasteiger partial charge is 0.307 e. The lowest BCUT2D eigenvalue weighted by atomic mass is 10.3. The summed E-state index contributed by atoms with van der Waals surface area (Å²) in [5, 5.41) is 4.18. The van der Waals surface area contributed by atoms with E-state index in [4.69, 9.17) is 9.47 Å². The predicted octanol–water partition coefficient (Wildman–Crippen LogP) is 0.449. The number of anilines is 1. The van der Waals surface area contributed by atoms with E-state index in [0.29, 0.717) is 25.5 Å². The van der Waals surface area contributed by atoms with Crippen LogP contribution >= 0.6 is 0 Å². The summed E-state index contributed by atoms with van der Waals surface area (Å²) in [5.41, 5.74) is 0.839. The lowest BCUT2D eigenvalue weighted by Gasteiger charge is -2.24. The number of aromatic nitrogens is 4. The van der Waals surface area contributed by atoms with Crippen LogP contribution in [0, 0.1) is 6.92 Å². The van der Waals surface area contributed by atoms with E-state index in [9.17, 15) is 4.79 Å². The van der Waals surface area contributed by atoms with E-state index in [0.717, 1.165) is 11.5 Å². The number of methoxy groups -OCH3 is 2. The average molecular weight is 293 g/mol. The van der Waals surface area contributed by atoms with Crippen molar-refractivity contribution in [3.63, 3.8) is 0 Å². The van der Waals surface area contributed by atoms with Crippen molar-refractivity contribution in [1.29, 1.82) is 0 Å². The zero-order valence-corrected chi connectivity index (χ0v) is 12.4. The fraction of sp³-hybridized carbons (Fsp3) is 0.538. The Hall–Kier alpha value is -2.22. The van der Waals surface area contributed by atoms with Crippen molar-refractivity contribution in [3.8, 4) is 0 Å². The van der Waals surface area contributed by atoms with Crippen LogP contribution in [-0.4, -0.2) is 59.5 Å². The van der Waals surface area contributed by atoms with Gasteiger partial charge in [0.1, 0.15) is 12.1 Å². The van der Waals surface area contributed by atoms with Gasteiger partial charge in [-0.2, -0.15) is 14.6 Å². The summed E-state index contributed by atoms with van der Waals surface area (Å²) in [6.07, 6.45) is 1.75. The van der Waals surface area contributed by atoms with Gasteiger partial charge in [-0.05, 0) is 6.92 Å². The van der Waals surface area contributed by atoms with Crippen LogP contribution in [0.5, 0.6) is 0 Å². The highest BCUT2D eigenvalue weighted by Gasteiger charge is 2.15. The number of ether oxygens (including phenoxy) is 2. The Morgan fingerprint density at radius 3 is 2.90 bits per heavy atom. The third-order valence-corrected chi connectivity index (χ3v) is 3.06. The molecule has 0 bridgehead atoms. The monoisotopic (exact) mass is 293 g/mol. The van der Waals surface area contributed by atoms with Gasteiger partial charge in [-0.15, -0.1) is 0 Å². The van der Waals surface area contributed by atoms with Crippen LogP contribution in [0.4, 0.5) is 5.82 Å². The van der Waals surface area contributed by atoms with Crippen molar-refractivity contribution in [3.05, 3.63) is 18.1 Å². The molecule has 0 unspecified atom stereocenters. The Morgan fingerprint density at radius 1 is 1.38 bits per heavy atom. The van der Waals surface area contributed by atoms with E-state index >= 15 is 0 Å².